The summed E-state index contributed by atoms with van der Waals surface area (Å²) in [6.07, 6.45) is 5.29. The number of benzene rings is 1. The number of carbonyl (C=O) groups is 1. The van der Waals surface area contributed by atoms with Gasteiger partial charge in [0, 0.05) is 26.2 Å². The van der Waals surface area contributed by atoms with Gasteiger partial charge in [0.1, 0.15) is 5.82 Å². The number of anilines is 1. The molecule has 1 unspecified atom stereocenters. The maximum absolute atomic E-state index is 13.0. The molecule has 1 amide bonds. The maximum atomic E-state index is 13.0. The number of amides is 1. The normalized spacial score (nSPS) is 19.4. The summed E-state index contributed by atoms with van der Waals surface area (Å²) in [6, 6.07) is 6.36. The molecule has 0 radical (unpaired) electrons. The summed E-state index contributed by atoms with van der Waals surface area (Å²) in [5.41, 5.74) is 0.996. The van der Waals surface area contributed by atoms with Crippen molar-refractivity contribution in [3.05, 3.63) is 35.6 Å². The van der Waals surface area contributed by atoms with Crippen molar-refractivity contribution in [1.82, 2.24) is 20.1 Å². The van der Waals surface area contributed by atoms with E-state index in [4.69, 9.17) is 4.74 Å². The Kier molecular flexibility index (Phi) is 8.02. The van der Waals surface area contributed by atoms with E-state index in [-0.39, 0.29) is 23.6 Å². The van der Waals surface area contributed by atoms with Gasteiger partial charge in [-0.05, 0) is 55.7 Å². The average Bonchev–Trinajstić information content (AvgIpc) is 3.45. The van der Waals surface area contributed by atoms with Gasteiger partial charge in [0.15, 0.2) is 5.16 Å². The third-order valence-corrected chi connectivity index (χ3v) is 7.12. The Morgan fingerprint density at radius 3 is 2.72 bits per heavy atom. The van der Waals surface area contributed by atoms with E-state index < -0.39 is 0 Å². The predicted molar refractivity (Wildman–Crippen MR) is 123 cm³/mol. The summed E-state index contributed by atoms with van der Waals surface area (Å²) >= 11 is 1.42. The van der Waals surface area contributed by atoms with Crippen LogP contribution in [-0.4, -0.2) is 58.8 Å². The number of hydrogen-bond acceptors (Lipinski definition) is 6. The largest absolute Gasteiger partial charge is 0.376 e. The number of thioether (sulfide) groups is 1. The highest BCUT2D eigenvalue weighted by Gasteiger charge is 2.26. The summed E-state index contributed by atoms with van der Waals surface area (Å²) in [7, 11) is 0. The number of carbonyl (C=O) groups excluding carboxylic acids is 1. The van der Waals surface area contributed by atoms with Crippen molar-refractivity contribution in [1.29, 1.82) is 0 Å². The van der Waals surface area contributed by atoms with Crippen molar-refractivity contribution in [3.8, 4) is 0 Å². The van der Waals surface area contributed by atoms with Gasteiger partial charge in [-0.1, -0.05) is 30.8 Å². The van der Waals surface area contributed by atoms with Gasteiger partial charge in [-0.15, -0.1) is 10.2 Å². The molecule has 7 nitrogen and oxygen atoms in total. The SMILES string of the molecule is CC1CCN(c2nnc(SCC(=O)NCCc3ccc(F)cc3)n2CC2CCCO2)CC1. The fourth-order valence-corrected chi connectivity index (χ4v) is 4.93. The smallest absolute Gasteiger partial charge is 0.230 e. The van der Waals surface area contributed by atoms with Gasteiger partial charge < -0.3 is 15.0 Å². The molecule has 174 valence electrons. The Morgan fingerprint density at radius 2 is 2.00 bits per heavy atom. The van der Waals surface area contributed by atoms with Crippen LogP contribution in [-0.2, 0) is 22.5 Å². The van der Waals surface area contributed by atoms with Crippen LogP contribution < -0.4 is 10.2 Å². The first-order chi connectivity index (χ1) is 15.6. The number of hydrogen-bond donors (Lipinski definition) is 1. The van der Waals surface area contributed by atoms with E-state index in [1.54, 1.807) is 12.1 Å². The molecule has 1 N–H and O–H groups in total. The molecule has 2 aromatic rings. The Bertz CT molecular complexity index is 877. The first kappa shape index (κ1) is 23.0. The van der Waals surface area contributed by atoms with Crippen LogP contribution in [0.4, 0.5) is 10.3 Å². The maximum Gasteiger partial charge on any atom is 0.230 e. The van der Waals surface area contributed by atoms with Gasteiger partial charge in [0.05, 0.1) is 18.4 Å². The Labute approximate surface area is 193 Å². The number of nitrogens with zero attached hydrogens (tertiary/aromatic N) is 4. The van der Waals surface area contributed by atoms with Crippen LogP contribution in [0.2, 0.25) is 0 Å². The van der Waals surface area contributed by atoms with Crippen molar-refractivity contribution in [2.45, 2.75) is 56.8 Å². The van der Waals surface area contributed by atoms with Crippen LogP contribution in [0.15, 0.2) is 29.4 Å². The molecule has 3 heterocycles. The zero-order valence-corrected chi connectivity index (χ0v) is 19.5. The fraction of sp³-hybridized carbons (Fsp3) is 0.609. The molecule has 0 bridgehead atoms. The molecule has 32 heavy (non-hydrogen) atoms. The van der Waals surface area contributed by atoms with Crippen molar-refractivity contribution < 1.29 is 13.9 Å². The highest BCUT2D eigenvalue weighted by Crippen LogP contribution is 2.28. The molecule has 1 aromatic heterocycles. The van der Waals surface area contributed by atoms with E-state index in [0.29, 0.717) is 13.0 Å². The van der Waals surface area contributed by atoms with Crippen LogP contribution in [0.3, 0.4) is 0 Å². The van der Waals surface area contributed by atoms with E-state index in [0.717, 1.165) is 74.5 Å². The molecule has 2 fully saturated rings. The molecule has 1 atom stereocenters. The second kappa shape index (κ2) is 11.1. The average molecular weight is 462 g/mol. The molecule has 9 heteroatoms. The Hall–Kier alpha value is -2.13. The number of piperidine rings is 1. The molecular formula is C23H32FN5O2S. The lowest BCUT2D eigenvalue weighted by molar-refractivity contribution is -0.118. The predicted octanol–water partition coefficient (Wildman–Crippen LogP) is 3.28. The third-order valence-electron chi connectivity index (χ3n) is 6.16. The molecule has 4 rings (SSSR count). The van der Waals surface area contributed by atoms with Gasteiger partial charge in [-0.25, -0.2) is 4.39 Å². The lowest BCUT2D eigenvalue weighted by atomic mass is 10.00. The van der Waals surface area contributed by atoms with Crippen LogP contribution in [0.25, 0.3) is 0 Å². The Balaban J connectivity index is 1.33. The van der Waals surface area contributed by atoms with Crippen molar-refractivity contribution in [3.63, 3.8) is 0 Å². The number of halogens is 1. The summed E-state index contributed by atoms with van der Waals surface area (Å²) in [5.74, 6) is 1.63. The molecule has 2 aliphatic rings. The van der Waals surface area contributed by atoms with E-state index in [2.05, 4.69) is 31.9 Å². The molecule has 0 spiro atoms. The standard InChI is InChI=1S/C23H32FN5O2S/c1-17-9-12-28(13-10-17)22-26-27-23(29(22)15-20-3-2-14-31-20)32-16-21(30)25-11-8-18-4-6-19(24)7-5-18/h4-7,17,20H,2-3,8-16H2,1H3,(H,25,30). The molecule has 0 saturated carbocycles. The molecule has 0 aliphatic carbocycles. The van der Waals surface area contributed by atoms with Gasteiger partial charge in [-0.2, -0.15) is 0 Å². The molecule has 2 saturated heterocycles. The van der Waals surface area contributed by atoms with Gasteiger partial charge in [0.2, 0.25) is 11.9 Å². The van der Waals surface area contributed by atoms with Gasteiger partial charge >= 0.3 is 0 Å². The molecule has 1 aromatic carbocycles. The number of aromatic nitrogens is 3. The van der Waals surface area contributed by atoms with Crippen LogP contribution in [0.1, 0.15) is 38.2 Å². The fourth-order valence-electron chi connectivity index (χ4n) is 4.16. The van der Waals surface area contributed by atoms with E-state index in [1.807, 2.05) is 0 Å². The van der Waals surface area contributed by atoms with Crippen molar-refractivity contribution in [2.24, 2.45) is 5.92 Å². The minimum atomic E-state index is -0.250. The highest BCUT2D eigenvalue weighted by atomic mass is 32.2. The molecule has 2 aliphatic heterocycles. The number of ether oxygens (including phenoxy) is 1. The number of rotatable bonds is 9. The van der Waals surface area contributed by atoms with E-state index >= 15 is 0 Å². The van der Waals surface area contributed by atoms with Crippen molar-refractivity contribution in [2.75, 3.05) is 36.9 Å². The number of nitrogens with one attached hydrogen (secondary N) is 1. The topological polar surface area (TPSA) is 72.3 Å². The van der Waals surface area contributed by atoms with Gasteiger partial charge in [0.25, 0.3) is 0 Å². The quantitative estimate of drug-likeness (QED) is 0.578. The summed E-state index contributed by atoms with van der Waals surface area (Å²) in [6.45, 7) is 6.32. The summed E-state index contributed by atoms with van der Waals surface area (Å²) in [5, 5.41) is 12.6. The third kappa shape index (κ3) is 6.22. The summed E-state index contributed by atoms with van der Waals surface area (Å²) in [4.78, 5) is 14.7. The summed E-state index contributed by atoms with van der Waals surface area (Å²) < 4.78 is 21.0. The van der Waals surface area contributed by atoms with Gasteiger partial charge in [-0.3, -0.25) is 9.36 Å². The zero-order valence-electron chi connectivity index (χ0n) is 18.6. The van der Waals surface area contributed by atoms with Crippen LogP contribution in [0.5, 0.6) is 0 Å². The van der Waals surface area contributed by atoms with Crippen LogP contribution in [0, 0.1) is 11.7 Å². The van der Waals surface area contributed by atoms with Crippen molar-refractivity contribution >= 4 is 23.6 Å². The minimum absolute atomic E-state index is 0.0443. The molecular weight excluding hydrogens is 429 g/mol. The lowest BCUT2D eigenvalue weighted by Crippen LogP contribution is -2.35. The minimum Gasteiger partial charge on any atom is -0.376 e. The first-order valence-corrected chi connectivity index (χ1v) is 12.5. The second-order valence-corrected chi connectivity index (χ2v) is 9.66. The lowest BCUT2D eigenvalue weighted by Gasteiger charge is -2.31. The van der Waals surface area contributed by atoms with E-state index in [1.165, 1.54) is 23.9 Å². The first-order valence-electron chi connectivity index (χ1n) is 11.5. The van der Waals surface area contributed by atoms with Crippen LogP contribution >= 0.6 is 11.8 Å². The zero-order chi connectivity index (χ0) is 22.3. The second-order valence-electron chi connectivity index (χ2n) is 8.71. The van der Waals surface area contributed by atoms with E-state index in [9.17, 15) is 9.18 Å². The Morgan fingerprint density at radius 1 is 1.22 bits per heavy atom. The monoisotopic (exact) mass is 461 g/mol. The highest BCUT2D eigenvalue weighted by molar-refractivity contribution is 7.99.